The highest BCUT2D eigenvalue weighted by Gasteiger charge is 2.23. The third-order valence-corrected chi connectivity index (χ3v) is 7.64. The van der Waals surface area contributed by atoms with E-state index in [9.17, 15) is 4.79 Å². The molecule has 0 saturated carbocycles. The van der Waals surface area contributed by atoms with Gasteiger partial charge in [0.25, 0.3) is 5.91 Å². The minimum absolute atomic E-state index is 0.0169. The summed E-state index contributed by atoms with van der Waals surface area (Å²) in [6.45, 7) is 9.48. The fourth-order valence-electron chi connectivity index (χ4n) is 5.64. The van der Waals surface area contributed by atoms with Gasteiger partial charge in [0.1, 0.15) is 5.75 Å². The van der Waals surface area contributed by atoms with E-state index >= 15 is 0 Å². The lowest BCUT2D eigenvalue weighted by molar-refractivity contribution is 0.0919. The molecule has 0 bridgehead atoms. The fourth-order valence-corrected chi connectivity index (χ4v) is 5.64. The number of nitrogens with one attached hydrogen (secondary N) is 3. The number of fused-ring (bicyclic) bond motifs is 2. The molecule has 1 amide bonds. The standard InChI is InChI=1S/C31H40N4O2/c1-31(2,3)34-30(36)22-8-10-28-25(17-22)23(19-32-28)7-5-6-14-35-15-12-21(13-16-35)27-20-33-29-11-9-24(37-4)18-26(27)29/h8-11,17-21,32-33H,5-7,12-16H2,1-4H3,(H,34,36). The van der Waals surface area contributed by atoms with Gasteiger partial charge in [0.05, 0.1) is 7.11 Å². The van der Waals surface area contributed by atoms with Crippen molar-refractivity contribution < 1.29 is 9.53 Å². The van der Waals surface area contributed by atoms with Crippen LogP contribution < -0.4 is 10.1 Å². The van der Waals surface area contributed by atoms with Crippen LogP contribution in [0.3, 0.4) is 0 Å². The number of carbonyl (C=O) groups is 1. The molecule has 1 saturated heterocycles. The number of carbonyl (C=O) groups excluding carboxylic acids is 1. The maximum atomic E-state index is 12.6. The van der Waals surface area contributed by atoms with Crippen LogP contribution in [0.15, 0.2) is 48.8 Å². The largest absolute Gasteiger partial charge is 0.497 e. The van der Waals surface area contributed by atoms with E-state index in [1.807, 2.05) is 45.0 Å². The normalized spacial score (nSPS) is 15.5. The molecule has 3 N–H and O–H groups in total. The van der Waals surface area contributed by atoms with Gasteiger partial charge in [-0.2, -0.15) is 0 Å². The molecule has 1 aliphatic rings. The molecule has 0 radical (unpaired) electrons. The molecule has 5 rings (SSSR count). The van der Waals surface area contributed by atoms with Crippen molar-refractivity contribution >= 4 is 27.7 Å². The van der Waals surface area contributed by atoms with E-state index in [0.717, 1.165) is 54.7 Å². The first-order chi connectivity index (χ1) is 17.8. The summed E-state index contributed by atoms with van der Waals surface area (Å²) in [5, 5.41) is 5.53. The van der Waals surface area contributed by atoms with E-state index in [4.69, 9.17) is 4.74 Å². The molecule has 3 heterocycles. The molecule has 37 heavy (non-hydrogen) atoms. The molecule has 4 aromatic rings. The van der Waals surface area contributed by atoms with Gasteiger partial charge in [0.15, 0.2) is 0 Å². The quantitative estimate of drug-likeness (QED) is 0.246. The molecule has 196 valence electrons. The highest BCUT2D eigenvalue weighted by molar-refractivity contribution is 5.99. The lowest BCUT2D eigenvalue weighted by Crippen LogP contribution is -2.40. The number of aromatic amines is 2. The number of aromatic nitrogens is 2. The van der Waals surface area contributed by atoms with Crippen LogP contribution in [-0.2, 0) is 6.42 Å². The van der Waals surface area contributed by atoms with E-state index in [0.29, 0.717) is 5.92 Å². The van der Waals surface area contributed by atoms with Crippen molar-refractivity contribution in [1.82, 2.24) is 20.2 Å². The molecule has 0 spiro atoms. The number of H-pyrrole nitrogens is 2. The van der Waals surface area contributed by atoms with Gasteiger partial charge < -0.3 is 24.9 Å². The number of ether oxygens (including phenoxy) is 1. The Labute approximate surface area is 219 Å². The lowest BCUT2D eigenvalue weighted by atomic mass is 9.89. The Hall–Kier alpha value is -3.25. The average molecular weight is 501 g/mol. The first-order valence-electron chi connectivity index (χ1n) is 13.6. The second kappa shape index (κ2) is 10.6. The van der Waals surface area contributed by atoms with Crippen LogP contribution in [0.5, 0.6) is 5.75 Å². The zero-order chi connectivity index (χ0) is 26.0. The van der Waals surface area contributed by atoms with Crippen molar-refractivity contribution in [3.63, 3.8) is 0 Å². The number of benzene rings is 2. The molecule has 2 aromatic carbocycles. The van der Waals surface area contributed by atoms with E-state index in [-0.39, 0.29) is 11.4 Å². The summed E-state index contributed by atoms with van der Waals surface area (Å²) in [6, 6.07) is 12.3. The Bertz CT molecular complexity index is 1370. The molecule has 2 aromatic heterocycles. The van der Waals surface area contributed by atoms with E-state index in [1.54, 1.807) is 7.11 Å². The van der Waals surface area contributed by atoms with E-state index in [2.05, 4.69) is 44.7 Å². The van der Waals surface area contributed by atoms with Crippen LogP contribution in [-0.4, -0.2) is 53.1 Å². The Morgan fingerprint density at radius 1 is 1.00 bits per heavy atom. The molecule has 0 unspecified atom stereocenters. The van der Waals surface area contributed by atoms with Crippen molar-refractivity contribution in [2.24, 2.45) is 0 Å². The van der Waals surface area contributed by atoms with Crippen LogP contribution in [0.1, 0.15) is 73.9 Å². The van der Waals surface area contributed by atoms with Gasteiger partial charge in [-0.15, -0.1) is 0 Å². The van der Waals surface area contributed by atoms with Gasteiger partial charge in [-0.3, -0.25) is 4.79 Å². The number of hydrogen-bond acceptors (Lipinski definition) is 3. The summed E-state index contributed by atoms with van der Waals surface area (Å²) in [5.74, 6) is 1.51. The molecular formula is C31H40N4O2. The predicted octanol–water partition coefficient (Wildman–Crippen LogP) is 6.39. The average Bonchev–Trinajstić information content (AvgIpc) is 3.49. The summed E-state index contributed by atoms with van der Waals surface area (Å²) in [5.41, 5.74) is 5.50. The SMILES string of the molecule is COc1ccc2[nH]cc(C3CCN(CCCCc4c[nH]c5ccc(C(=O)NC(C)(C)C)cc45)CC3)c2c1. The number of hydrogen-bond donors (Lipinski definition) is 3. The Kier molecular flexibility index (Phi) is 7.29. The highest BCUT2D eigenvalue weighted by atomic mass is 16.5. The number of piperidine rings is 1. The van der Waals surface area contributed by atoms with Crippen LogP contribution in [0.4, 0.5) is 0 Å². The molecule has 6 nitrogen and oxygen atoms in total. The number of unbranched alkanes of at least 4 members (excludes halogenated alkanes) is 1. The molecule has 0 aliphatic carbocycles. The minimum Gasteiger partial charge on any atom is -0.497 e. The summed E-state index contributed by atoms with van der Waals surface area (Å²) in [6.07, 6.45) is 10.1. The van der Waals surface area contributed by atoms with Crippen molar-refractivity contribution in [2.45, 2.75) is 64.3 Å². The highest BCUT2D eigenvalue weighted by Crippen LogP contribution is 2.34. The number of nitrogens with zero attached hydrogens (tertiary/aromatic N) is 1. The number of rotatable bonds is 8. The van der Waals surface area contributed by atoms with Gasteiger partial charge in [-0.05, 0) is 126 Å². The molecule has 1 fully saturated rings. The molecule has 6 heteroatoms. The van der Waals surface area contributed by atoms with Crippen molar-refractivity contribution in [1.29, 1.82) is 0 Å². The van der Waals surface area contributed by atoms with E-state index < -0.39 is 0 Å². The third kappa shape index (κ3) is 5.85. The smallest absolute Gasteiger partial charge is 0.251 e. The fraction of sp³-hybridized carbons (Fsp3) is 0.452. The topological polar surface area (TPSA) is 73.1 Å². The van der Waals surface area contributed by atoms with Gasteiger partial charge in [-0.25, -0.2) is 0 Å². The van der Waals surface area contributed by atoms with Gasteiger partial charge in [0.2, 0.25) is 0 Å². The monoisotopic (exact) mass is 500 g/mol. The predicted molar refractivity (Wildman–Crippen MR) is 152 cm³/mol. The first kappa shape index (κ1) is 25.4. The third-order valence-electron chi connectivity index (χ3n) is 7.64. The van der Waals surface area contributed by atoms with E-state index in [1.165, 1.54) is 41.3 Å². The Morgan fingerprint density at radius 3 is 2.49 bits per heavy atom. The summed E-state index contributed by atoms with van der Waals surface area (Å²) >= 11 is 0. The number of methoxy groups -OCH3 is 1. The lowest BCUT2D eigenvalue weighted by Gasteiger charge is -2.32. The first-order valence-corrected chi connectivity index (χ1v) is 13.6. The molecule has 0 atom stereocenters. The van der Waals surface area contributed by atoms with Crippen LogP contribution in [0.2, 0.25) is 0 Å². The minimum atomic E-state index is -0.246. The number of aryl methyl sites for hydroxylation is 1. The van der Waals surface area contributed by atoms with Crippen LogP contribution in [0.25, 0.3) is 21.8 Å². The zero-order valence-corrected chi connectivity index (χ0v) is 22.6. The number of amides is 1. The van der Waals surface area contributed by atoms with Gasteiger partial charge in [0, 0.05) is 45.3 Å². The number of likely N-dealkylation sites (tertiary alicyclic amines) is 1. The maximum Gasteiger partial charge on any atom is 0.251 e. The van der Waals surface area contributed by atoms with Crippen molar-refractivity contribution in [3.05, 3.63) is 65.5 Å². The molecule has 1 aliphatic heterocycles. The second-order valence-corrected chi connectivity index (χ2v) is 11.5. The van der Waals surface area contributed by atoms with Gasteiger partial charge >= 0.3 is 0 Å². The molecular weight excluding hydrogens is 460 g/mol. The Morgan fingerprint density at radius 2 is 1.73 bits per heavy atom. The summed E-state index contributed by atoms with van der Waals surface area (Å²) in [7, 11) is 1.73. The second-order valence-electron chi connectivity index (χ2n) is 11.5. The van der Waals surface area contributed by atoms with Gasteiger partial charge in [-0.1, -0.05) is 0 Å². The van der Waals surface area contributed by atoms with Crippen LogP contribution in [0, 0.1) is 0 Å². The Balaban J connectivity index is 1.11. The summed E-state index contributed by atoms with van der Waals surface area (Å²) in [4.78, 5) is 22.1. The maximum absolute atomic E-state index is 12.6. The summed E-state index contributed by atoms with van der Waals surface area (Å²) < 4.78 is 5.45. The van der Waals surface area contributed by atoms with Crippen molar-refractivity contribution in [2.75, 3.05) is 26.7 Å². The van der Waals surface area contributed by atoms with Crippen molar-refractivity contribution in [3.8, 4) is 5.75 Å². The zero-order valence-electron chi connectivity index (χ0n) is 22.6. The van der Waals surface area contributed by atoms with Crippen LogP contribution >= 0.6 is 0 Å².